The van der Waals surface area contributed by atoms with Gasteiger partial charge in [-0.15, -0.1) is 0 Å². The predicted molar refractivity (Wildman–Crippen MR) is 87.8 cm³/mol. The molecule has 0 heterocycles. The molecule has 20 heavy (non-hydrogen) atoms. The van der Waals surface area contributed by atoms with E-state index < -0.39 is 0 Å². The summed E-state index contributed by atoms with van der Waals surface area (Å²) in [6, 6.07) is 15.3. The SMILES string of the molecule is CNC(Cc1ccc([N+](=O)[O-])cc1)c1ccc(I)cc1. The van der Waals surface area contributed by atoms with Gasteiger partial charge in [-0.05, 0) is 59.3 Å². The maximum Gasteiger partial charge on any atom is 0.269 e. The van der Waals surface area contributed by atoms with E-state index in [1.165, 1.54) is 9.13 Å². The van der Waals surface area contributed by atoms with Crippen LogP contribution in [0.3, 0.4) is 0 Å². The number of nitro groups is 1. The van der Waals surface area contributed by atoms with Crippen LogP contribution in [0.2, 0.25) is 0 Å². The molecule has 0 aliphatic carbocycles. The van der Waals surface area contributed by atoms with Crippen molar-refractivity contribution >= 4 is 28.3 Å². The number of non-ortho nitro benzene ring substituents is 1. The molecule has 0 bridgehead atoms. The highest BCUT2D eigenvalue weighted by molar-refractivity contribution is 14.1. The Morgan fingerprint density at radius 1 is 1.15 bits per heavy atom. The highest BCUT2D eigenvalue weighted by atomic mass is 127. The molecule has 2 aromatic rings. The fourth-order valence-corrected chi connectivity index (χ4v) is 2.43. The fourth-order valence-electron chi connectivity index (χ4n) is 2.07. The molecule has 2 rings (SSSR count). The molecule has 1 N–H and O–H groups in total. The Balaban J connectivity index is 2.13. The van der Waals surface area contributed by atoms with Gasteiger partial charge in [0.25, 0.3) is 5.69 Å². The Kier molecular flexibility index (Phi) is 5.08. The van der Waals surface area contributed by atoms with Crippen molar-refractivity contribution in [1.82, 2.24) is 5.32 Å². The van der Waals surface area contributed by atoms with E-state index in [-0.39, 0.29) is 16.7 Å². The molecule has 5 heteroatoms. The first-order valence-corrected chi connectivity index (χ1v) is 7.34. The largest absolute Gasteiger partial charge is 0.313 e. The minimum absolute atomic E-state index is 0.129. The third kappa shape index (κ3) is 3.77. The van der Waals surface area contributed by atoms with Crippen LogP contribution in [0.4, 0.5) is 5.69 Å². The smallest absolute Gasteiger partial charge is 0.269 e. The lowest BCUT2D eigenvalue weighted by Gasteiger charge is -2.16. The minimum Gasteiger partial charge on any atom is -0.313 e. The van der Waals surface area contributed by atoms with Crippen LogP contribution in [0.5, 0.6) is 0 Å². The summed E-state index contributed by atoms with van der Waals surface area (Å²) < 4.78 is 1.21. The first-order valence-electron chi connectivity index (χ1n) is 6.26. The average molecular weight is 382 g/mol. The van der Waals surface area contributed by atoms with Crippen molar-refractivity contribution in [2.45, 2.75) is 12.5 Å². The highest BCUT2D eigenvalue weighted by Gasteiger charge is 2.11. The molecule has 0 aromatic heterocycles. The van der Waals surface area contributed by atoms with Crippen LogP contribution in [0, 0.1) is 13.7 Å². The summed E-state index contributed by atoms with van der Waals surface area (Å²) in [6.45, 7) is 0. The number of halogens is 1. The predicted octanol–water partition coefficient (Wildman–Crippen LogP) is 3.70. The fraction of sp³-hybridized carbons (Fsp3) is 0.200. The summed E-state index contributed by atoms with van der Waals surface area (Å²) >= 11 is 2.28. The van der Waals surface area contributed by atoms with E-state index in [2.05, 4.69) is 52.2 Å². The molecule has 104 valence electrons. The van der Waals surface area contributed by atoms with Gasteiger partial charge in [0.1, 0.15) is 0 Å². The summed E-state index contributed by atoms with van der Waals surface area (Å²) in [5.74, 6) is 0. The lowest BCUT2D eigenvalue weighted by Crippen LogP contribution is -2.18. The van der Waals surface area contributed by atoms with Gasteiger partial charge in [-0.2, -0.15) is 0 Å². The van der Waals surface area contributed by atoms with E-state index >= 15 is 0 Å². The van der Waals surface area contributed by atoms with Gasteiger partial charge >= 0.3 is 0 Å². The first kappa shape index (κ1) is 14.9. The van der Waals surface area contributed by atoms with Crippen LogP contribution in [-0.2, 0) is 6.42 Å². The van der Waals surface area contributed by atoms with Gasteiger partial charge in [-0.25, -0.2) is 0 Å². The molecule has 0 aliphatic rings. The number of likely N-dealkylation sites (N-methyl/N-ethyl adjacent to an activating group) is 1. The van der Waals surface area contributed by atoms with Gasteiger partial charge in [0.2, 0.25) is 0 Å². The molecule has 0 amide bonds. The maximum absolute atomic E-state index is 10.6. The second-order valence-corrected chi connectivity index (χ2v) is 5.77. The van der Waals surface area contributed by atoms with Crippen molar-refractivity contribution in [3.8, 4) is 0 Å². The quantitative estimate of drug-likeness (QED) is 0.488. The van der Waals surface area contributed by atoms with E-state index in [1.54, 1.807) is 12.1 Å². The highest BCUT2D eigenvalue weighted by Crippen LogP contribution is 2.21. The van der Waals surface area contributed by atoms with Crippen molar-refractivity contribution in [3.05, 3.63) is 73.3 Å². The molecule has 0 fully saturated rings. The van der Waals surface area contributed by atoms with Crippen LogP contribution in [0.25, 0.3) is 0 Å². The molecule has 0 saturated carbocycles. The van der Waals surface area contributed by atoms with Crippen molar-refractivity contribution in [2.24, 2.45) is 0 Å². The summed E-state index contributed by atoms with van der Waals surface area (Å²) in [4.78, 5) is 10.3. The molecular formula is C15H15IN2O2. The van der Waals surface area contributed by atoms with Crippen molar-refractivity contribution in [2.75, 3.05) is 7.05 Å². The zero-order valence-corrected chi connectivity index (χ0v) is 13.2. The molecule has 1 atom stereocenters. The van der Waals surface area contributed by atoms with Crippen molar-refractivity contribution < 1.29 is 4.92 Å². The zero-order valence-electron chi connectivity index (χ0n) is 11.0. The Morgan fingerprint density at radius 2 is 1.75 bits per heavy atom. The van der Waals surface area contributed by atoms with Crippen LogP contribution >= 0.6 is 22.6 Å². The van der Waals surface area contributed by atoms with Crippen molar-refractivity contribution in [1.29, 1.82) is 0 Å². The van der Waals surface area contributed by atoms with Crippen LogP contribution < -0.4 is 5.32 Å². The summed E-state index contributed by atoms with van der Waals surface area (Å²) in [6.07, 6.45) is 0.801. The summed E-state index contributed by atoms with van der Waals surface area (Å²) in [5, 5.41) is 13.9. The monoisotopic (exact) mass is 382 g/mol. The Bertz CT molecular complexity index is 582. The molecular weight excluding hydrogens is 367 g/mol. The number of nitro benzene ring substituents is 1. The van der Waals surface area contributed by atoms with E-state index in [4.69, 9.17) is 0 Å². The van der Waals surface area contributed by atoms with Gasteiger partial charge in [0.15, 0.2) is 0 Å². The number of rotatable bonds is 5. The van der Waals surface area contributed by atoms with Gasteiger partial charge in [0, 0.05) is 21.7 Å². The summed E-state index contributed by atoms with van der Waals surface area (Å²) in [5.41, 5.74) is 2.42. The van der Waals surface area contributed by atoms with Crippen molar-refractivity contribution in [3.63, 3.8) is 0 Å². The van der Waals surface area contributed by atoms with E-state index in [9.17, 15) is 10.1 Å². The van der Waals surface area contributed by atoms with Gasteiger partial charge in [0.05, 0.1) is 4.92 Å². The normalized spacial score (nSPS) is 12.1. The van der Waals surface area contributed by atoms with Gasteiger partial charge < -0.3 is 5.32 Å². The maximum atomic E-state index is 10.6. The number of nitrogens with zero attached hydrogens (tertiary/aromatic N) is 1. The summed E-state index contributed by atoms with van der Waals surface area (Å²) in [7, 11) is 1.92. The average Bonchev–Trinajstić information content (AvgIpc) is 2.46. The Hall–Kier alpha value is -1.47. The number of hydrogen-bond acceptors (Lipinski definition) is 3. The van der Waals surface area contributed by atoms with Gasteiger partial charge in [-0.3, -0.25) is 10.1 Å². The number of benzene rings is 2. The second-order valence-electron chi connectivity index (χ2n) is 4.52. The minimum atomic E-state index is -0.377. The molecule has 0 spiro atoms. The standard InChI is InChI=1S/C15H15IN2O2/c1-17-15(12-4-6-13(16)7-5-12)10-11-2-8-14(9-3-11)18(19)20/h2-9,15,17H,10H2,1H3. The first-order chi connectivity index (χ1) is 9.60. The molecule has 1 unspecified atom stereocenters. The lowest BCUT2D eigenvalue weighted by molar-refractivity contribution is -0.384. The molecule has 0 radical (unpaired) electrons. The van der Waals surface area contributed by atoms with E-state index in [0.717, 1.165) is 12.0 Å². The number of nitrogens with one attached hydrogen (secondary N) is 1. The van der Waals surface area contributed by atoms with Crippen LogP contribution in [0.1, 0.15) is 17.2 Å². The third-order valence-electron chi connectivity index (χ3n) is 3.21. The van der Waals surface area contributed by atoms with Gasteiger partial charge in [-0.1, -0.05) is 24.3 Å². The molecule has 0 saturated heterocycles. The van der Waals surface area contributed by atoms with Crippen LogP contribution in [-0.4, -0.2) is 12.0 Å². The third-order valence-corrected chi connectivity index (χ3v) is 3.93. The Morgan fingerprint density at radius 3 is 2.25 bits per heavy atom. The topological polar surface area (TPSA) is 55.2 Å². The lowest BCUT2D eigenvalue weighted by atomic mass is 9.99. The molecule has 0 aliphatic heterocycles. The molecule has 4 nitrogen and oxygen atoms in total. The van der Waals surface area contributed by atoms with E-state index in [1.807, 2.05) is 19.2 Å². The number of hydrogen-bond donors (Lipinski definition) is 1. The molecule has 2 aromatic carbocycles. The Labute approximate surface area is 131 Å². The van der Waals surface area contributed by atoms with Crippen LogP contribution in [0.15, 0.2) is 48.5 Å². The second kappa shape index (κ2) is 6.81. The van der Waals surface area contributed by atoms with E-state index in [0.29, 0.717) is 0 Å². The zero-order chi connectivity index (χ0) is 14.5.